The molecule has 0 amide bonds. The zero-order valence-electron chi connectivity index (χ0n) is 23.2. The molecule has 0 aromatic rings. The number of hydrogen-bond donors (Lipinski definition) is 0. The van der Waals surface area contributed by atoms with E-state index in [9.17, 15) is 0 Å². The Morgan fingerprint density at radius 3 is 2.00 bits per heavy atom. The summed E-state index contributed by atoms with van der Waals surface area (Å²) in [6.07, 6.45) is -9.83. The number of rotatable bonds is 6. The molecule has 0 aliphatic carbocycles. The molecule has 1 unspecified atom stereocenters. The molecule has 0 N–H and O–H groups in total. The van der Waals surface area contributed by atoms with Gasteiger partial charge in [-0.05, 0) is 36.3 Å². The van der Waals surface area contributed by atoms with Gasteiger partial charge in [-0.15, -0.1) is 0 Å². The second kappa shape index (κ2) is 7.49. The van der Waals surface area contributed by atoms with Crippen LogP contribution < -0.4 is 0 Å². The molecular weight excluding hydrogens is 336 g/mol. The second-order valence-electron chi connectivity index (χ2n) is 9.31. The van der Waals surface area contributed by atoms with E-state index in [1.54, 1.807) is 0 Å². The maximum Gasteiger partial charge on any atom is 0.192 e. The Kier molecular flexibility index (Phi) is 4.47. The quantitative estimate of drug-likeness (QED) is 0.595. The van der Waals surface area contributed by atoms with Gasteiger partial charge in [0.05, 0.1) is 18.1 Å². The van der Waals surface area contributed by atoms with Gasteiger partial charge in [-0.3, -0.25) is 0 Å². The Bertz CT molecular complexity index is 648. The van der Waals surface area contributed by atoms with Crippen molar-refractivity contribution in [2.24, 2.45) is 0 Å². The van der Waals surface area contributed by atoms with E-state index in [-0.39, 0.29) is 5.04 Å². The van der Waals surface area contributed by atoms with E-state index in [4.69, 9.17) is 26.6 Å². The lowest BCUT2D eigenvalue weighted by Crippen LogP contribution is -2.48. The summed E-state index contributed by atoms with van der Waals surface area (Å²) in [5.41, 5.74) is 0. The fraction of sp³-hybridized carbons (Fsp3) is 1.00. The first kappa shape index (κ1) is 14.3. The highest BCUT2D eigenvalue weighted by Crippen LogP contribution is 2.41. The van der Waals surface area contributed by atoms with Crippen molar-refractivity contribution >= 4 is 16.6 Å². The van der Waals surface area contributed by atoms with E-state index in [0.717, 1.165) is 0 Å². The van der Waals surface area contributed by atoms with E-state index in [0.29, 0.717) is 0 Å². The molecule has 1 aliphatic heterocycles. The maximum atomic E-state index is 9.07. The van der Waals surface area contributed by atoms with Crippen molar-refractivity contribution in [3.05, 3.63) is 0 Å². The van der Waals surface area contributed by atoms with E-state index in [1.165, 1.54) is 7.11 Å². The highest BCUT2D eigenvalue weighted by atomic mass is 28.4. The molecule has 144 valence electrons. The first-order valence-corrected chi connectivity index (χ1v) is 14.3. The Balaban J connectivity index is 3.66. The summed E-state index contributed by atoms with van der Waals surface area (Å²) in [6.45, 7) is 16.0. The van der Waals surface area contributed by atoms with Crippen LogP contribution in [0.15, 0.2) is 0 Å². The Labute approximate surface area is 160 Å². The molecular formula is C18H40O4Si2. The van der Waals surface area contributed by atoms with E-state index >= 15 is 0 Å². The summed E-state index contributed by atoms with van der Waals surface area (Å²) < 4.78 is 75.2. The van der Waals surface area contributed by atoms with Gasteiger partial charge in [-0.1, -0.05) is 41.5 Å². The van der Waals surface area contributed by atoms with Gasteiger partial charge in [0, 0.05) is 16.2 Å². The molecule has 1 fully saturated rings. The maximum absolute atomic E-state index is 9.07. The average molecular weight is 383 g/mol. The second-order valence-corrected chi connectivity index (χ2v) is 18.8. The van der Waals surface area contributed by atoms with Crippen LogP contribution in [0.5, 0.6) is 0 Å². The third kappa shape index (κ3) is 5.38. The van der Waals surface area contributed by atoms with Gasteiger partial charge in [0.2, 0.25) is 0 Å². The summed E-state index contributed by atoms with van der Waals surface area (Å²) in [4.78, 5) is 0. The van der Waals surface area contributed by atoms with Crippen molar-refractivity contribution in [3.8, 4) is 0 Å². The Hall–Kier alpha value is 0.274. The van der Waals surface area contributed by atoms with Crippen LogP contribution in [0.3, 0.4) is 0 Å². The number of hydrogen-bond acceptors (Lipinski definition) is 4. The molecule has 1 heterocycles. The lowest BCUT2D eigenvalue weighted by atomic mass is 10.2. The van der Waals surface area contributed by atoms with E-state index in [1.807, 2.05) is 67.7 Å². The lowest BCUT2D eigenvalue weighted by Gasteiger charge is -2.40. The van der Waals surface area contributed by atoms with Crippen LogP contribution in [0.25, 0.3) is 0 Å². The third-order valence-electron chi connectivity index (χ3n) is 5.26. The van der Waals surface area contributed by atoms with Crippen molar-refractivity contribution in [1.29, 1.82) is 0 Å². The number of ether oxygens (including phenoxy) is 2. The molecule has 24 heavy (non-hydrogen) atoms. The van der Waals surface area contributed by atoms with Crippen molar-refractivity contribution in [2.75, 3.05) is 13.7 Å². The van der Waals surface area contributed by atoms with Gasteiger partial charge in [0.1, 0.15) is 6.08 Å². The molecule has 6 heteroatoms. The first-order chi connectivity index (χ1) is 12.8. The Morgan fingerprint density at radius 1 is 1.08 bits per heavy atom. The molecule has 3 atom stereocenters. The fourth-order valence-electron chi connectivity index (χ4n) is 1.35. The van der Waals surface area contributed by atoms with Crippen LogP contribution in [0.2, 0.25) is 36.3 Å². The molecule has 0 spiro atoms. The third-order valence-corrected chi connectivity index (χ3v) is 13.8. The smallest absolute Gasteiger partial charge is 0.192 e. The molecule has 1 rings (SSSR count). The molecule has 0 bridgehead atoms. The van der Waals surface area contributed by atoms with Crippen LogP contribution in [0.4, 0.5) is 0 Å². The van der Waals surface area contributed by atoms with E-state index < -0.39 is 53.1 Å². The topological polar surface area (TPSA) is 36.9 Å². The first-order valence-electron chi connectivity index (χ1n) is 11.4. The van der Waals surface area contributed by atoms with Gasteiger partial charge >= 0.3 is 0 Å². The largest absolute Gasteiger partial charge is 0.414 e. The predicted molar refractivity (Wildman–Crippen MR) is 106 cm³/mol. The van der Waals surface area contributed by atoms with E-state index in [2.05, 4.69) is 0 Å². The molecule has 0 radical (unpaired) electrons. The standard InChI is InChI=1S/C18H40O4Si2/c1-17(2,3)23(8,9)20-13-15-14(12-16(19-7)21-15)22-24(10,11)18(4,5)6/h14-16H,12-13H2,1-11H3/t14-,15+,16?/m0/s1/i12D2,13D2,14D,15D. The summed E-state index contributed by atoms with van der Waals surface area (Å²) in [5, 5.41) is -0.782. The molecule has 0 aromatic carbocycles. The minimum absolute atomic E-state index is 0.375. The molecule has 1 aliphatic rings. The molecule has 0 saturated carbocycles. The summed E-state index contributed by atoms with van der Waals surface area (Å²) >= 11 is 0. The lowest BCUT2D eigenvalue weighted by molar-refractivity contribution is -0.125. The fourth-order valence-corrected chi connectivity index (χ4v) is 2.97. The van der Waals surface area contributed by atoms with Crippen LogP contribution in [0.1, 0.15) is 56.1 Å². The summed E-state index contributed by atoms with van der Waals surface area (Å²) in [5.74, 6) is 0. The van der Waals surface area contributed by atoms with Gasteiger partial charge in [0.25, 0.3) is 0 Å². The van der Waals surface area contributed by atoms with Gasteiger partial charge in [-0.25, -0.2) is 0 Å². The van der Waals surface area contributed by atoms with Crippen molar-refractivity contribution < 1.29 is 26.6 Å². The summed E-state index contributed by atoms with van der Waals surface area (Å²) in [7, 11) is -4.39. The van der Waals surface area contributed by atoms with Crippen LogP contribution in [-0.2, 0) is 18.3 Å². The normalized spacial score (nSPS) is 39.4. The average Bonchev–Trinajstić information content (AvgIpc) is 2.62. The monoisotopic (exact) mass is 382 g/mol. The Morgan fingerprint density at radius 2 is 1.58 bits per heavy atom. The zero-order chi connectivity index (χ0) is 24.4. The molecule has 0 aromatic heterocycles. The highest BCUT2D eigenvalue weighted by Gasteiger charge is 2.46. The minimum Gasteiger partial charge on any atom is -0.414 e. The van der Waals surface area contributed by atoms with Crippen LogP contribution >= 0.6 is 0 Å². The summed E-state index contributed by atoms with van der Waals surface area (Å²) in [6, 6.07) is 0. The van der Waals surface area contributed by atoms with Crippen molar-refractivity contribution in [1.82, 2.24) is 0 Å². The minimum atomic E-state index is -2.83. The molecule has 1 saturated heterocycles. The number of methoxy groups -OCH3 is 1. The van der Waals surface area contributed by atoms with Crippen LogP contribution in [0, 0.1) is 0 Å². The van der Waals surface area contributed by atoms with Crippen LogP contribution in [-0.4, -0.2) is 48.8 Å². The van der Waals surface area contributed by atoms with Gasteiger partial charge < -0.3 is 18.3 Å². The van der Waals surface area contributed by atoms with Gasteiger partial charge in [0.15, 0.2) is 22.9 Å². The van der Waals surface area contributed by atoms with Crippen molar-refractivity contribution in [3.63, 3.8) is 0 Å². The highest BCUT2D eigenvalue weighted by molar-refractivity contribution is 6.74. The van der Waals surface area contributed by atoms with Crippen molar-refractivity contribution in [2.45, 2.75) is 103 Å². The zero-order valence-corrected chi connectivity index (χ0v) is 19.2. The predicted octanol–water partition coefficient (Wildman–Crippen LogP) is 5.16. The molecule has 4 nitrogen and oxygen atoms in total. The van der Waals surface area contributed by atoms with Gasteiger partial charge in [-0.2, -0.15) is 0 Å². The SMILES string of the molecule is [2H]C1([2H])C(OC)O[C@]([2H])(C([2H])([2H])O[Si](C)(C)C(C)(C)C)[C@@]1([2H])O[Si](C)(C)C(C)(C)C.